The molecule has 0 saturated carbocycles. The normalized spacial score (nSPS) is 12.8. The largest absolute Gasteiger partial charge is 0.383 e. The first-order valence-electron chi connectivity index (χ1n) is 12.4. The van der Waals surface area contributed by atoms with Gasteiger partial charge in [0.1, 0.15) is 5.82 Å². The number of amides is 1. The van der Waals surface area contributed by atoms with Gasteiger partial charge in [0.25, 0.3) is 11.5 Å². The van der Waals surface area contributed by atoms with E-state index in [0.717, 1.165) is 6.42 Å². The predicted molar refractivity (Wildman–Crippen MR) is 142 cm³/mol. The number of rotatable bonds is 9. The Morgan fingerprint density at radius 3 is 2.31 bits per heavy atom. The first kappa shape index (κ1) is 26.6. The molecule has 1 heterocycles. The molecule has 0 fully saturated rings. The molecule has 3 rings (SSSR count). The summed E-state index contributed by atoms with van der Waals surface area (Å²) in [4.78, 5) is 33.9. The van der Waals surface area contributed by atoms with Gasteiger partial charge in [0.2, 0.25) is 0 Å². The molecule has 0 aliphatic heterocycles. The zero-order chi connectivity index (χ0) is 25.8. The highest BCUT2D eigenvalue weighted by atomic mass is 16.5. The third-order valence-electron chi connectivity index (χ3n) is 6.46. The lowest BCUT2D eigenvalue weighted by molar-refractivity contribution is 0.0667. The number of hydrogen-bond donors (Lipinski definition) is 0. The van der Waals surface area contributed by atoms with Crippen molar-refractivity contribution in [1.29, 1.82) is 0 Å². The summed E-state index contributed by atoms with van der Waals surface area (Å²) >= 11 is 0. The van der Waals surface area contributed by atoms with Crippen molar-refractivity contribution in [1.82, 2.24) is 14.5 Å². The van der Waals surface area contributed by atoms with Gasteiger partial charge in [0.05, 0.1) is 30.1 Å². The second-order valence-electron chi connectivity index (χ2n) is 10.6. The number of benzene rings is 2. The van der Waals surface area contributed by atoms with E-state index < -0.39 is 6.04 Å². The molecule has 6 heteroatoms. The van der Waals surface area contributed by atoms with Crippen LogP contribution in [0.15, 0.2) is 53.3 Å². The lowest BCUT2D eigenvalue weighted by Gasteiger charge is -2.31. The number of aromatic nitrogens is 2. The molecule has 0 aliphatic rings. The smallest absolute Gasteiger partial charge is 0.261 e. The first-order chi connectivity index (χ1) is 16.5. The molecular formula is C29H39N3O3. The van der Waals surface area contributed by atoms with E-state index in [2.05, 4.69) is 34.6 Å². The van der Waals surface area contributed by atoms with Crippen LogP contribution in [0.2, 0.25) is 0 Å². The van der Waals surface area contributed by atoms with E-state index in [4.69, 9.17) is 9.72 Å². The van der Waals surface area contributed by atoms with Crippen LogP contribution in [0.5, 0.6) is 0 Å². The summed E-state index contributed by atoms with van der Waals surface area (Å²) in [7, 11) is 1.61. The lowest BCUT2D eigenvalue weighted by Crippen LogP contribution is -2.39. The van der Waals surface area contributed by atoms with Crippen molar-refractivity contribution < 1.29 is 9.53 Å². The second kappa shape index (κ2) is 11.2. The summed E-state index contributed by atoms with van der Waals surface area (Å²) in [5.41, 5.74) is 2.36. The lowest BCUT2D eigenvalue weighted by atomic mass is 9.86. The summed E-state index contributed by atoms with van der Waals surface area (Å²) in [6, 6.07) is 14.8. The molecule has 0 radical (unpaired) electrons. The van der Waals surface area contributed by atoms with Crippen LogP contribution in [0.1, 0.15) is 75.8 Å². The van der Waals surface area contributed by atoms with E-state index in [1.807, 2.05) is 54.3 Å². The van der Waals surface area contributed by atoms with Gasteiger partial charge < -0.3 is 9.64 Å². The van der Waals surface area contributed by atoms with Crippen molar-refractivity contribution in [2.24, 2.45) is 5.92 Å². The van der Waals surface area contributed by atoms with Crippen LogP contribution >= 0.6 is 0 Å². The minimum atomic E-state index is -0.391. The van der Waals surface area contributed by atoms with Gasteiger partial charge in [0, 0.05) is 19.2 Å². The van der Waals surface area contributed by atoms with Gasteiger partial charge in [-0.15, -0.1) is 0 Å². The molecule has 1 amide bonds. The van der Waals surface area contributed by atoms with E-state index in [9.17, 15) is 9.59 Å². The molecule has 35 heavy (non-hydrogen) atoms. The highest BCUT2D eigenvalue weighted by Crippen LogP contribution is 2.26. The molecule has 0 aliphatic carbocycles. The molecule has 0 saturated heterocycles. The number of carbonyl (C=O) groups excluding carboxylic acids is 1. The molecule has 0 bridgehead atoms. The Labute approximate surface area is 208 Å². The van der Waals surface area contributed by atoms with Gasteiger partial charge in [-0.3, -0.25) is 14.2 Å². The van der Waals surface area contributed by atoms with Gasteiger partial charge in [-0.25, -0.2) is 4.98 Å². The molecule has 1 atom stereocenters. The monoisotopic (exact) mass is 477 g/mol. The SMILES string of the molecule is COCCn1c(C(C)N(CCC(C)C)C(=O)c2ccc(C(C)(C)C)cc2)nc2ccccc2c1=O. The van der Waals surface area contributed by atoms with Crippen molar-refractivity contribution in [3.8, 4) is 0 Å². The Balaban J connectivity index is 2.07. The van der Waals surface area contributed by atoms with Crippen LogP contribution in [0.4, 0.5) is 0 Å². The van der Waals surface area contributed by atoms with Crippen LogP contribution in [0.3, 0.4) is 0 Å². The van der Waals surface area contributed by atoms with Gasteiger partial charge in [-0.05, 0) is 54.5 Å². The average molecular weight is 478 g/mol. The predicted octanol–water partition coefficient (Wildman–Crippen LogP) is 5.59. The summed E-state index contributed by atoms with van der Waals surface area (Å²) in [6.45, 7) is 14.1. The Bertz CT molecular complexity index is 1210. The third kappa shape index (κ3) is 6.17. The number of hydrogen-bond acceptors (Lipinski definition) is 4. The quantitative estimate of drug-likeness (QED) is 0.403. The molecule has 1 unspecified atom stereocenters. The van der Waals surface area contributed by atoms with E-state index in [1.54, 1.807) is 17.7 Å². The Morgan fingerprint density at radius 2 is 1.71 bits per heavy atom. The van der Waals surface area contributed by atoms with E-state index in [-0.39, 0.29) is 16.9 Å². The van der Waals surface area contributed by atoms with Crippen molar-refractivity contribution in [2.45, 2.75) is 66.0 Å². The summed E-state index contributed by atoms with van der Waals surface area (Å²) in [5, 5.41) is 0.567. The molecule has 0 spiro atoms. The number of nitrogens with zero attached hydrogens (tertiary/aromatic N) is 3. The van der Waals surface area contributed by atoms with Crippen LogP contribution in [0, 0.1) is 5.92 Å². The van der Waals surface area contributed by atoms with Crippen LogP contribution in [-0.4, -0.2) is 40.6 Å². The zero-order valence-electron chi connectivity index (χ0n) is 22.2. The number of ether oxygens (including phenoxy) is 1. The molecule has 0 N–H and O–H groups in total. The maximum absolute atomic E-state index is 13.8. The van der Waals surface area contributed by atoms with Gasteiger partial charge in [0.15, 0.2) is 0 Å². The standard InChI is InChI=1S/C29H39N3O3/c1-20(2)16-17-31(27(33)22-12-14-23(15-13-22)29(4,5)6)21(3)26-30-25-11-9-8-10-24(25)28(34)32(26)18-19-35-7/h8-15,20-21H,16-19H2,1-7H3. The zero-order valence-corrected chi connectivity index (χ0v) is 22.2. The fraction of sp³-hybridized carbons (Fsp3) is 0.483. The highest BCUT2D eigenvalue weighted by molar-refractivity contribution is 5.94. The number of carbonyl (C=O) groups is 1. The first-order valence-corrected chi connectivity index (χ1v) is 12.4. The fourth-order valence-electron chi connectivity index (χ4n) is 4.19. The molecule has 188 valence electrons. The summed E-state index contributed by atoms with van der Waals surface area (Å²) < 4.78 is 6.94. The van der Waals surface area contributed by atoms with Crippen molar-refractivity contribution in [3.05, 3.63) is 75.8 Å². The summed E-state index contributed by atoms with van der Waals surface area (Å²) in [5.74, 6) is 0.953. The molecule has 3 aromatic rings. The molecule has 1 aromatic heterocycles. The van der Waals surface area contributed by atoms with Gasteiger partial charge >= 0.3 is 0 Å². The number of methoxy groups -OCH3 is 1. The van der Waals surface area contributed by atoms with Crippen LogP contribution in [-0.2, 0) is 16.7 Å². The van der Waals surface area contributed by atoms with Crippen molar-refractivity contribution in [3.63, 3.8) is 0 Å². The maximum Gasteiger partial charge on any atom is 0.261 e. The molecule has 2 aromatic carbocycles. The number of para-hydroxylation sites is 1. The van der Waals surface area contributed by atoms with Gasteiger partial charge in [-0.2, -0.15) is 0 Å². The number of fused-ring (bicyclic) bond motifs is 1. The average Bonchev–Trinajstić information content (AvgIpc) is 2.82. The molecule has 6 nitrogen and oxygen atoms in total. The Hall–Kier alpha value is -2.99. The minimum absolute atomic E-state index is 0.0125. The maximum atomic E-state index is 13.8. The van der Waals surface area contributed by atoms with E-state index >= 15 is 0 Å². The van der Waals surface area contributed by atoms with E-state index in [1.165, 1.54) is 5.56 Å². The summed E-state index contributed by atoms with van der Waals surface area (Å²) in [6.07, 6.45) is 0.853. The Kier molecular flexibility index (Phi) is 8.49. The topological polar surface area (TPSA) is 64.4 Å². The minimum Gasteiger partial charge on any atom is -0.383 e. The van der Waals surface area contributed by atoms with Gasteiger partial charge in [-0.1, -0.05) is 58.9 Å². The third-order valence-corrected chi connectivity index (χ3v) is 6.46. The second-order valence-corrected chi connectivity index (χ2v) is 10.6. The fourth-order valence-corrected chi connectivity index (χ4v) is 4.19. The van der Waals surface area contributed by atoms with Crippen LogP contribution < -0.4 is 5.56 Å². The van der Waals surface area contributed by atoms with Crippen molar-refractivity contribution >= 4 is 16.8 Å². The Morgan fingerprint density at radius 1 is 1.06 bits per heavy atom. The highest BCUT2D eigenvalue weighted by Gasteiger charge is 2.27. The van der Waals surface area contributed by atoms with Crippen molar-refractivity contribution in [2.75, 3.05) is 20.3 Å². The molecular weight excluding hydrogens is 438 g/mol. The van der Waals surface area contributed by atoms with Crippen LogP contribution in [0.25, 0.3) is 10.9 Å². The van der Waals surface area contributed by atoms with E-state index in [0.29, 0.717) is 47.9 Å².